The Kier molecular flexibility index (Phi) is 6.93. The number of para-hydroxylation sites is 1. The molecule has 1 aromatic rings. The van der Waals surface area contributed by atoms with Gasteiger partial charge in [0.2, 0.25) is 10.0 Å². The monoisotopic (exact) mass is 312 g/mol. The zero-order valence-corrected chi connectivity index (χ0v) is 13.4. The van der Waals surface area contributed by atoms with E-state index in [9.17, 15) is 8.42 Å². The molecule has 0 amide bonds. The van der Waals surface area contributed by atoms with Crippen LogP contribution < -0.4 is 10.0 Å². The highest BCUT2D eigenvalue weighted by Gasteiger charge is 2.18. The van der Waals surface area contributed by atoms with Crippen LogP contribution in [0.1, 0.15) is 13.8 Å². The Morgan fingerprint density at radius 1 is 1.35 bits per heavy atom. The molecule has 0 aromatic heterocycles. The van der Waals surface area contributed by atoms with Crippen LogP contribution >= 0.6 is 11.8 Å². The number of hydrogen-bond donors (Lipinski definition) is 2. The van der Waals surface area contributed by atoms with E-state index in [4.69, 9.17) is 6.42 Å². The highest BCUT2D eigenvalue weighted by molar-refractivity contribution is 7.99. The average Bonchev–Trinajstić information content (AvgIpc) is 2.37. The van der Waals surface area contributed by atoms with Gasteiger partial charge in [-0.2, -0.15) is 0 Å². The van der Waals surface area contributed by atoms with Crippen molar-refractivity contribution in [3.63, 3.8) is 0 Å². The van der Waals surface area contributed by atoms with Crippen molar-refractivity contribution >= 4 is 27.5 Å². The van der Waals surface area contributed by atoms with Crippen LogP contribution in [-0.2, 0) is 10.0 Å². The van der Waals surface area contributed by atoms with E-state index < -0.39 is 10.0 Å². The summed E-state index contributed by atoms with van der Waals surface area (Å²) in [5.41, 5.74) is 0.613. The Hall–Kier alpha value is -1.16. The van der Waals surface area contributed by atoms with E-state index in [1.807, 2.05) is 6.07 Å². The number of benzene rings is 1. The smallest absolute Gasteiger partial charge is 0.242 e. The maximum atomic E-state index is 12.2. The molecule has 0 aliphatic carbocycles. The summed E-state index contributed by atoms with van der Waals surface area (Å²) in [6, 6.07) is 6.75. The van der Waals surface area contributed by atoms with Gasteiger partial charge >= 0.3 is 0 Å². The SMILES string of the molecule is C#CCSCCNc1ccccc1S(=O)(=O)NC(C)C. The summed E-state index contributed by atoms with van der Waals surface area (Å²) in [5, 5.41) is 3.14. The first-order valence-corrected chi connectivity index (χ1v) is 8.97. The molecule has 0 fully saturated rings. The molecule has 0 heterocycles. The van der Waals surface area contributed by atoms with E-state index in [-0.39, 0.29) is 10.9 Å². The van der Waals surface area contributed by atoms with E-state index >= 15 is 0 Å². The second kappa shape index (κ2) is 8.20. The predicted octanol–water partition coefficient (Wildman–Crippen LogP) is 2.15. The van der Waals surface area contributed by atoms with Gasteiger partial charge < -0.3 is 5.32 Å². The molecule has 6 heteroatoms. The summed E-state index contributed by atoms with van der Waals surface area (Å²) in [6.07, 6.45) is 5.17. The fourth-order valence-corrected chi connectivity index (χ4v) is 3.55. The third-order valence-corrected chi connectivity index (χ3v) is 4.89. The van der Waals surface area contributed by atoms with Crippen molar-refractivity contribution in [3.05, 3.63) is 24.3 Å². The van der Waals surface area contributed by atoms with Crippen molar-refractivity contribution in [1.82, 2.24) is 4.72 Å². The minimum absolute atomic E-state index is 0.140. The molecule has 0 atom stereocenters. The number of nitrogens with one attached hydrogen (secondary N) is 2. The maximum Gasteiger partial charge on any atom is 0.242 e. The quantitative estimate of drug-likeness (QED) is 0.570. The lowest BCUT2D eigenvalue weighted by molar-refractivity contribution is 0.570. The van der Waals surface area contributed by atoms with Gasteiger partial charge in [-0.15, -0.1) is 18.2 Å². The van der Waals surface area contributed by atoms with Gasteiger partial charge in [-0.3, -0.25) is 0 Å². The summed E-state index contributed by atoms with van der Waals surface area (Å²) >= 11 is 1.63. The standard InChI is InChI=1S/C14H20N2O2S2/c1-4-10-19-11-9-15-13-7-5-6-8-14(13)20(17,18)16-12(2)3/h1,5-8,12,15-16H,9-11H2,2-3H3. The van der Waals surface area contributed by atoms with Crippen LogP contribution in [0.25, 0.3) is 0 Å². The molecule has 110 valence electrons. The zero-order valence-electron chi connectivity index (χ0n) is 11.7. The van der Waals surface area contributed by atoms with Crippen molar-refractivity contribution in [1.29, 1.82) is 0 Å². The Labute approximate surface area is 125 Å². The van der Waals surface area contributed by atoms with Crippen LogP contribution in [0.4, 0.5) is 5.69 Å². The van der Waals surface area contributed by atoms with Gasteiger partial charge in [0.05, 0.1) is 11.4 Å². The second-order valence-electron chi connectivity index (χ2n) is 4.46. The van der Waals surface area contributed by atoms with Crippen LogP contribution in [0.2, 0.25) is 0 Å². The molecular formula is C14H20N2O2S2. The minimum atomic E-state index is -3.49. The largest absolute Gasteiger partial charge is 0.383 e. The van der Waals surface area contributed by atoms with E-state index in [1.165, 1.54) is 0 Å². The first kappa shape index (κ1) is 16.9. The van der Waals surface area contributed by atoms with Crippen LogP contribution in [0.3, 0.4) is 0 Å². The predicted molar refractivity (Wildman–Crippen MR) is 86.5 cm³/mol. The number of hydrogen-bond acceptors (Lipinski definition) is 4. The van der Waals surface area contributed by atoms with E-state index in [0.717, 1.165) is 5.75 Å². The molecule has 0 unspecified atom stereocenters. The second-order valence-corrected chi connectivity index (χ2v) is 7.24. The topological polar surface area (TPSA) is 58.2 Å². The van der Waals surface area contributed by atoms with Gasteiger partial charge in [0.1, 0.15) is 4.90 Å². The Morgan fingerprint density at radius 3 is 2.70 bits per heavy atom. The summed E-state index contributed by atoms with van der Waals surface area (Å²) in [6.45, 7) is 4.26. The number of thioether (sulfide) groups is 1. The van der Waals surface area contributed by atoms with Crippen molar-refractivity contribution in [2.75, 3.05) is 23.4 Å². The van der Waals surface area contributed by atoms with Gasteiger partial charge in [-0.05, 0) is 26.0 Å². The molecule has 2 N–H and O–H groups in total. The molecule has 0 saturated heterocycles. The number of anilines is 1. The van der Waals surface area contributed by atoms with Gasteiger partial charge in [-0.1, -0.05) is 18.1 Å². The van der Waals surface area contributed by atoms with Crippen molar-refractivity contribution in [2.24, 2.45) is 0 Å². The van der Waals surface area contributed by atoms with Crippen LogP contribution in [0.15, 0.2) is 29.2 Å². The van der Waals surface area contributed by atoms with E-state index in [2.05, 4.69) is 16.0 Å². The molecular weight excluding hydrogens is 292 g/mol. The lowest BCUT2D eigenvalue weighted by atomic mass is 10.3. The molecule has 0 bridgehead atoms. The van der Waals surface area contributed by atoms with Crippen molar-refractivity contribution in [3.8, 4) is 12.3 Å². The normalized spacial score (nSPS) is 11.3. The van der Waals surface area contributed by atoms with Gasteiger partial charge in [-0.25, -0.2) is 13.1 Å². The Morgan fingerprint density at radius 2 is 2.05 bits per heavy atom. The minimum Gasteiger partial charge on any atom is -0.383 e. The fourth-order valence-electron chi connectivity index (χ4n) is 1.61. The number of sulfonamides is 1. The third kappa shape index (κ3) is 5.45. The Bertz CT molecular complexity index is 563. The Balaban J connectivity index is 2.76. The van der Waals surface area contributed by atoms with Gasteiger partial charge in [0.25, 0.3) is 0 Å². The van der Waals surface area contributed by atoms with Crippen LogP contribution in [0.5, 0.6) is 0 Å². The lowest BCUT2D eigenvalue weighted by Gasteiger charge is -2.14. The summed E-state index contributed by atoms with van der Waals surface area (Å²) < 4.78 is 27.0. The zero-order chi connectivity index (χ0) is 15.0. The molecule has 0 aliphatic rings. The first-order valence-electron chi connectivity index (χ1n) is 6.34. The van der Waals surface area contributed by atoms with Gasteiger partial charge in [0, 0.05) is 18.3 Å². The average molecular weight is 312 g/mol. The van der Waals surface area contributed by atoms with E-state index in [1.54, 1.807) is 43.8 Å². The summed E-state index contributed by atoms with van der Waals surface area (Å²) in [7, 11) is -3.49. The first-order chi connectivity index (χ1) is 9.47. The molecule has 4 nitrogen and oxygen atoms in total. The van der Waals surface area contributed by atoms with Crippen molar-refractivity contribution in [2.45, 2.75) is 24.8 Å². The number of rotatable bonds is 8. The van der Waals surface area contributed by atoms with Crippen molar-refractivity contribution < 1.29 is 8.42 Å². The molecule has 0 aliphatic heterocycles. The van der Waals surface area contributed by atoms with Gasteiger partial charge in [0.15, 0.2) is 0 Å². The summed E-state index contributed by atoms with van der Waals surface area (Å²) in [4.78, 5) is 0.274. The molecule has 20 heavy (non-hydrogen) atoms. The molecule has 1 rings (SSSR count). The molecule has 0 saturated carbocycles. The lowest BCUT2D eigenvalue weighted by Crippen LogP contribution is -2.30. The molecule has 0 spiro atoms. The van der Waals surface area contributed by atoms with Crippen LogP contribution in [-0.4, -0.2) is 32.5 Å². The molecule has 0 radical (unpaired) electrons. The fraction of sp³-hybridized carbons (Fsp3) is 0.429. The highest BCUT2D eigenvalue weighted by Crippen LogP contribution is 2.20. The van der Waals surface area contributed by atoms with E-state index in [0.29, 0.717) is 18.0 Å². The molecule has 1 aromatic carbocycles. The summed E-state index contributed by atoms with van der Waals surface area (Å²) in [5.74, 6) is 4.05. The maximum absolute atomic E-state index is 12.2. The highest BCUT2D eigenvalue weighted by atomic mass is 32.2. The number of terminal acetylenes is 1. The third-order valence-electron chi connectivity index (χ3n) is 2.31. The van der Waals surface area contributed by atoms with Crippen LogP contribution in [0, 0.1) is 12.3 Å².